The van der Waals surface area contributed by atoms with E-state index in [9.17, 15) is 9.59 Å². The summed E-state index contributed by atoms with van der Waals surface area (Å²) in [4.78, 5) is 34.4. The third kappa shape index (κ3) is 4.98. The topological polar surface area (TPSA) is 86.2 Å². The van der Waals surface area contributed by atoms with Crippen molar-refractivity contribution in [2.24, 2.45) is 9.98 Å². The summed E-state index contributed by atoms with van der Waals surface area (Å²) in [6.45, 7) is 11.2. The maximum Gasteiger partial charge on any atom is 0.251 e. The summed E-state index contributed by atoms with van der Waals surface area (Å²) in [5.41, 5.74) is 2.14. The number of hydrogen-bond acceptors (Lipinski definition) is 3. The monoisotopic (exact) mass is 403 g/mol. The molecule has 2 rings (SSSR count). The van der Waals surface area contributed by atoms with E-state index in [4.69, 9.17) is 11.6 Å². The molecule has 1 heterocycles. The third-order valence-electron chi connectivity index (χ3n) is 4.44. The summed E-state index contributed by atoms with van der Waals surface area (Å²) in [5.74, 6) is 0.116. The van der Waals surface area contributed by atoms with E-state index in [0.29, 0.717) is 29.5 Å². The van der Waals surface area contributed by atoms with Crippen molar-refractivity contribution in [3.8, 4) is 0 Å². The summed E-state index contributed by atoms with van der Waals surface area (Å²) in [7, 11) is 0. The van der Waals surface area contributed by atoms with Crippen molar-refractivity contribution in [1.82, 2.24) is 10.6 Å². The van der Waals surface area contributed by atoms with Gasteiger partial charge in [-0.05, 0) is 57.7 Å². The minimum Gasteiger partial charge on any atom is -0.352 e. The molecule has 0 aromatic heterocycles. The molecule has 2 amide bonds. The van der Waals surface area contributed by atoms with Crippen LogP contribution < -0.4 is 15.5 Å². The molecule has 2 atom stereocenters. The normalized spacial score (nSPS) is 19.7. The van der Waals surface area contributed by atoms with Gasteiger partial charge >= 0.3 is 0 Å². The molecule has 0 spiro atoms. The average molecular weight is 404 g/mol. The van der Waals surface area contributed by atoms with Crippen LogP contribution in [0.2, 0.25) is 0 Å². The summed E-state index contributed by atoms with van der Waals surface area (Å²) in [5, 5.41) is 6.56. The maximum absolute atomic E-state index is 12.3. The number of allylic oxidation sites excluding steroid dienone is 1. The highest BCUT2D eigenvalue weighted by Gasteiger charge is 2.33. The number of anilines is 1. The molecule has 0 aliphatic carbocycles. The van der Waals surface area contributed by atoms with Gasteiger partial charge in [0.15, 0.2) is 0 Å². The molecule has 8 heteroatoms. The number of aliphatic imine (C=N–C) groups is 2. The van der Waals surface area contributed by atoms with Gasteiger partial charge in [-0.15, -0.1) is 0 Å². The lowest BCUT2D eigenvalue weighted by Gasteiger charge is -2.39. The maximum atomic E-state index is 12.3. The molecule has 28 heavy (non-hydrogen) atoms. The Morgan fingerprint density at radius 3 is 2.68 bits per heavy atom. The molecule has 0 radical (unpaired) electrons. The van der Waals surface area contributed by atoms with Gasteiger partial charge in [-0.25, -0.2) is 9.98 Å². The quantitative estimate of drug-likeness (QED) is 0.597. The molecule has 0 fully saturated rings. The SMILES string of the molecule is C=N/C(=N\C=C(/C)Cl)N[C@@H]1C[C@H](C)N(C(C)=O)c2ccc(C(=O)NCC)cc21. The molecule has 0 bridgehead atoms. The summed E-state index contributed by atoms with van der Waals surface area (Å²) in [6, 6.07) is 5.13. The Morgan fingerprint density at radius 1 is 1.39 bits per heavy atom. The molecular formula is C20H26ClN5O2. The Morgan fingerprint density at radius 2 is 2.11 bits per heavy atom. The number of guanidine groups is 1. The van der Waals surface area contributed by atoms with Crippen molar-refractivity contribution in [3.63, 3.8) is 0 Å². The van der Waals surface area contributed by atoms with Crippen LogP contribution in [0, 0.1) is 0 Å². The molecule has 0 unspecified atom stereocenters. The van der Waals surface area contributed by atoms with E-state index in [1.54, 1.807) is 17.9 Å². The van der Waals surface area contributed by atoms with E-state index in [-0.39, 0.29) is 23.9 Å². The minimum atomic E-state index is -0.191. The van der Waals surface area contributed by atoms with Gasteiger partial charge in [0.25, 0.3) is 5.91 Å². The van der Waals surface area contributed by atoms with Crippen molar-refractivity contribution in [2.45, 2.75) is 46.2 Å². The molecule has 1 aliphatic rings. The fourth-order valence-electron chi connectivity index (χ4n) is 3.31. The number of nitrogens with zero attached hydrogens (tertiary/aromatic N) is 3. The molecule has 2 N–H and O–H groups in total. The molecule has 0 saturated heterocycles. The second-order valence-electron chi connectivity index (χ2n) is 6.63. The van der Waals surface area contributed by atoms with Crippen LogP contribution in [0.15, 0.2) is 39.4 Å². The zero-order valence-corrected chi connectivity index (χ0v) is 17.4. The Hall–Kier alpha value is -2.67. The smallest absolute Gasteiger partial charge is 0.251 e. The number of carbonyl (C=O) groups is 2. The van der Waals surface area contributed by atoms with E-state index in [1.807, 2.05) is 26.0 Å². The number of rotatable bonds is 4. The molecule has 150 valence electrons. The van der Waals surface area contributed by atoms with E-state index in [0.717, 1.165) is 11.3 Å². The van der Waals surface area contributed by atoms with Crippen molar-refractivity contribution >= 4 is 41.8 Å². The third-order valence-corrected chi connectivity index (χ3v) is 4.53. The fraction of sp³-hybridized carbons (Fsp3) is 0.400. The summed E-state index contributed by atoms with van der Waals surface area (Å²) >= 11 is 5.84. The number of amides is 2. The zero-order chi connectivity index (χ0) is 20.8. The first-order chi connectivity index (χ1) is 13.3. The van der Waals surface area contributed by atoms with Crippen molar-refractivity contribution in [2.75, 3.05) is 11.4 Å². The Balaban J connectivity index is 2.49. The van der Waals surface area contributed by atoms with Crippen LogP contribution >= 0.6 is 11.6 Å². The Kier molecular flexibility index (Phi) is 7.34. The van der Waals surface area contributed by atoms with Gasteiger partial charge in [-0.1, -0.05) is 11.6 Å². The molecule has 1 aliphatic heterocycles. The molecule has 1 aromatic rings. The van der Waals surface area contributed by atoms with E-state index < -0.39 is 0 Å². The first-order valence-electron chi connectivity index (χ1n) is 9.13. The fourth-order valence-corrected chi connectivity index (χ4v) is 3.36. The highest BCUT2D eigenvalue weighted by Crippen LogP contribution is 2.38. The van der Waals surface area contributed by atoms with E-state index >= 15 is 0 Å². The van der Waals surface area contributed by atoms with E-state index in [1.165, 1.54) is 13.1 Å². The van der Waals surface area contributed by atoms with Crippen molar-refractivity contribution < 1.29 is 9.59 Å². The lowest BCUT2D eigenvalue weighted by atomic mass is 9.90. The second-order valence-corrected chi connectivity index (χ2v) is 7.23. The minimum absolute atomic E-state index is 0.0332. The van der Waals surface area contributed by atoms with Gasteiger partial charge in [-0.2, -0.15) is 0 Å². The van der Waals surface area contributed by atoms with Gasteiger partial charge in [0.05, 0.1) is 6.04 Å². The Labute approximate surface area is 170 Å². The van der Waals surface area contributed by atoms with Gasteiger partial charge in [0.1, 0.15) is 0 Å². The van der Waals surface area contributed by atoms with Gasteiger partial charge in [0.2, 0.25) is 11.9 Å². The summed E-state index contributed by atoms with van der Waals surface area (Å²) < 4.78 is 0. The van der Waals surface area contributed by atoms with Crippen molar-refractivity contribution in [1.29, 1.82) is 0 Å². The number of nitrogens with one attached hydrogen (secondary N) is 2. The number of fused-ring (bicyclic) bond motifs is 1. The first-order valence-corrected chi connectivity index (χ1v) is 9.51. The first kappa shape index (κ1) is 21.6. The highest BCUT2D eigenvalue weighted by molar-refractivity contribution is 6.29. The second kappa shape index (κ2) is 9.50. The van der Waals surface area contributed by atoms with Crippen LogP contribution in [0.4, 0.5) is 5.69 Å². The molecule has 0 saturated carbocycles. The van der Waals surface area contributed by atoms with Crippen LogP contribution in [-0.2, 0) is 4.79 Å². The zero-order valence-electron chi connectivity index (χ0n) is 16.6. The van der Waals surface area contributed by atoms with E-state index in [2.05, 4.69) is 27.3 Å². The number of hydrogen-bond donors (Lipinski definition) is 2. The van der Waals surface area contributed by atoms with Gasteiger partial charge in [0, 0.05) is 42.0 Å². The van der Waals surface area contributed by atoms with Crippen LogP contribution in [0.3, 0.4) is 0 Å². The number of carbonyl (C=O) groups excluding carboxylic acids is 2. The highest BCUT2D eigenvalue weighted by atomic mass is 35.5. The predicted octanol–water partition coefficient (Wildman–Crippen LogP) is 3.37. The molecule has 7 nitrogen and oxygen atoms in total. The predicted molar refractivity (Wildman–Crippen MR) is 114 cm³/mol. The average Bonchev–Trinajstić information content (AvgIpc) is 2.64. The number of benzene rings is 1. The number of halogens is 1. The standard InChI is InChI=1S/C20H26ClN5O2/c1-6-23-19(28)15-7-8-18-16(10-15)17(9-13(3)26(18)14(4)27)25-20(22-5)24-11-12(2)21/h7-8,10-11,13,17H,5-6,9H2,1-4H3,(H,23,28)(H,24,25)/b12-11+/t13-,17+/m0/s1. The molecule has 1 aromatic carbocycles. The largest absolute Gasteiger partial charge is 0.352 e. The Bertz CT molecular complexity index is 830. The van der Waals surface area contributed by atoms with Gasteiger partial charge in [-0.3, -0.25) is 9.59 Å². The lowest BCUT2D eigenvalue weighted by molar-refractivity contribution is -0.117. The lowest BCUT2D eigenvalue weighted by Crippen LogP contribution is -2.45. The summed E-state index contributed by atoms with van der Waals surface area (Å²) in [6.07, 6.45) is 2.11. The van der Waals surface area contributed by atoms with Crippen LogP contribution in [-0.4, -0.2) is 37.1 Å². The van der Waals surface area contributed by atoms with Crippen molar-refractivity contribution in [3.05, 3.63) is 40.6 Å². The van der Waals surface area contributed by atoms with Crippen LogP contribution in [0.5, 0.6) is 0 Å². The van der Waals surface area contributed by atoms with Gasteiger partial charge < -0.3 is 15.5 Å². The van der Waals surface area contributed by atoms with Crippen LogP contribution in [0.25, 0.3) is 0 Å². The van der Waals surface area contributed by atoms with Crippen LogP contribution in [0.1, 0.15) is 56.1 Å². The molecular weight excluding hydrogens is 378 g/mol.